The molecule has 2 heterocycles. The van der Waals surface area contributed by atoms with E-state index < -0.39 is 6.04 Å². The van der Waals surface area contributed by atoms with Crippen molar-refractivity contribution < 1.29 is 14.0 Å². The zero-order valence-electron chi connectivity index (χ0n) is 17.8. The predicted octanol–water partition coefficient (Wildman–Crippen LogP) is 5.02. The number of nitrogens with zero attached hydrogens (tertiary/aromatic N) is 1. The van der Waals surface area contributed by atoms with E-state index in [4.69, 9.17) is 4.42 Å². The average molecular weight is 437 g/mol. The number of carbonyl (C=O) groups excluding carboxylic acids is 2. The van der Waals surface area contributed by atoms with E-state index in [1.807, 2.05) is 54.8 Å². The second-order valence-corrected chi connectivity index (χ2v) is 9.14. The van der Waals surface area contributed by atoms with Crippen LogP contribution in [0.25, 0.3) is 0 Å². The topological polar surface area (TPSA) is 62.6 Å². The van der Waals surface area contributed by atoms with Gasteiger partial charge in [-0.25, -0.2) is 0 Å². The maximum atomic E-state index is 13.6. The van der Waals surface area contributed by atoms with Crippen molar-refractivity contribution in [3.8, 4) is 0 Å². The maximum absolute atomic E-state index is 13.6. The molecule has 1 fully saturated rings. The predicted molar refractivity (Wildman–Crippen MR) is 122 cm³/mol. The van der Waals surface area contributed by atoms with Crippen molar-refractivity contribution >= 4 is 23.2 Å². The van der Waals surface area contributed by atoms with Crippen LogP contribution < -0.4 is 5.32 Å². The average Bonchev–Trinajstić information content (AvgIpc) is 3.53. The molecule has 1 atom stereocenters. The summed E-state index contributed by atoms with van der Waals surface area (Å²) in [7, 11) is 0. The fourth-order valence-electron chi connectivity index (χ4n) is 4.25. The lowest BCUT2D eigenvalue weighted by atomic mass is 9.98. The Balaban J connectivity index is 1.69. The number of thiophene rings is 1. The molecule has 1 aromatic carbocycles. The van der Waals surface area contributed by atoms with Gasteiger partial charge in [0.2, 0.25) is 11.8 Å². The molecule has 1 N–H and O–H groups in total. The number of amides is 2. The van der Waals surface area contributed by atoms with Gasteiger partial charge in [-0.05, 0) is 54.5 Å². The number of furan rings is 1. The van der Waals surface area contributed by atoms with Crippen molar-refractivity contribution in [2.45, 2.75) is 57.7 Å². The highest BCUT2D eigenvalue weighted by Gasteiger charge is 2.34. The molecule has 1 aliphatic rings. The fraction of sp³-hybridized carbons (Fsp3) is 0.360. The van der Waals surface area contributed by atoms with E-state index in [1.54, 1.807) is 28.6 Å². The molecular formula is C25H28N2O3S. The zero-order valence-corrected chi connectivity index (χ0v) is 18.6. The minimum atomic E-state index is -0.709. The van der Waals surface area contributed by atoms with Crippen LogP contribution in [0.3, 0.4) is 0 Å². The molecule has 5 nitrogen and oxygen atoms in total. The first kappa shape index (κ1) is 21.4. The van der Waals surface area contributed by atoms with Crippen molar-refractivity contribution in [1.82, 2.24) is 10.2 Å². The van der Waals surface area contributed by atoms with Gasteiger partial charge in [-0.2, -0.15) is 0 Å². The van der Waals surface area contributed by atoms with Crippen LogP contribution in [0, 0.1) is 6.92 Å². The molecule has 1 saturated carbocycles. The van der Waals surface area contributed by atoms with Gasteiger partial charge in [0.25, 0.3) is 0 Å². The van der Waals surface area contributed by atoms with Crippen molar-refractivity contribution in [3.63, 3.8) is 0 Å². The Hall–Kier alpha value is -2.86. The Kier molecular flexibility index (Phi) is 6.87. The third-order valence-corrected chi connectivity index (χ3v) is 6.75. The van der Waals surface area contributed by atoms with Crippen molar-refractivity contribution in [2.75, 3.05) is 0 Å². The van der Waals surface area contributed by atoms with Gasteiger partial charge >= 0.3 is 0 Å². The van der Waals surface area contributed by atoms with Crippen LogP contribution in [0.15, 0.2) is 64.6 Å². The van der Waals surface area contributed by atoms with Gasteiger partial charge in [0.05, 0.1) is 19.2 Å². The third-order valence-electron chi connectivity index (χ3n) is 5.88. The summed E-state index contributed by atoms with van der Waals surface area (Å²) >= 11 is 1.55. The molecule has 2 amide bonds. The molecule has 162 valence electrons. The van der Waals surface area contributed by atoms with Gasteiger partial charge in [0, 0.05) is 10.9 Å². The molecule has 0 aliphatic heterocycles. The summed E-state index contributed by atoms with van der Waals surface area (Å²) < 4.78 is 5.56. The van der Waals surface area contributed by atoms with Crippen LogP contribution in [0.4, 0.5) is 0 Å². The van der Waals surface area contributed by atoms with E-state index in [0.717, 1.165) is 41.7 Å². The van der Waals surface area contributed by atoms with E-state index in [1.165, 1.54) is 0 Å². The highest BCUT2D eigenvalue weighted by atomic mass is 32.1. The van der Waals surface area contributed by atoms with Crippen LogP contribution in [-0.2, 0) is 22.6 Å². The first-order valence-electron chi connectivity index (χ1n) is 10.8. The van der Waals surface area contributed by atoms with E-state index in [2.05, 4.69) is 5.32 Å². The molecule has 2 aromatic heterocycles. The van der Waals surface area contributed by atoms with Crippen LogP contribution in [-0.4, -0.2) is 22.8 Å². The lowest BCUT2D eigenvalue weighted by Gasteiger charge is -2.32. The largest absolute Gasteiger partial charge is 0.467 e. The molecule has 0 radical (unpaired) electrons. The number of rotatable bonds is 8. The number of benzene rings is 1. The van der Waals surface area contributed by atoms with E-state index in [-0.39, 0.29) is 30.8 Å². The summed E-state index contributed by atoms with van der Waals surface area (Å²) in [6.45, 7) is 2.23. The second kappa shape index (κ2) is 9.96. The van der Waals surface area contributed by atoms with Gasteiger partial charge < -0.3 is 14.6 Å². The monoisotopic (exact) mass is 436 g/mol. The highest BCUT2D eigenvalue weighted by Crippen LogP contribution is 2.29. The number of carbonyl (C=O) groups is 2. The molecule has 1 aliphatic carbocycles. The smallest absolute Gasteiger partial charge is 0.247 e. The Morgan fingerprint density at radius 3 is 2.61 bits per heavy atom. The molecular weight excluding hydrogens is 408 g/mol. The quantitative estimate of drug-likeness (QED) is 0.539. The third kappa shape index (κ3) is 5.25. The van der Waals surface area contributed by atoms with Gasteiger partial charge in [0.1, 0.15) is 11.8 Å². The molecule has 4 rings (SSSR count). The first-order valence-corrected chi connectivity index (χ1v) is 11.7. The summed E-state index contributed by atoms with van der Waals surface area (Å²) in [6.07, 6.45) is 6.11. The molecule has 0 saturated heterocycles. The Morgan fingerprint density at radius 2 is 1.94 bits per heavy atom. The highest BCUT2D eigenvalue weighted by molar-refractivity contribution is 7.10. The molecule has 0 spiro atoms. The van der Waals surface area contributed by atoms with Crippen molar-refractivity contribution in [3.05, 3.63) is 81.9 Å². The van der Waals surface area contributed by atoms with Gasteiger partial charge in [0.15, 0.2) is 0 Å². The minimum absolute atomic E-state index is 0.0892. The standard InChI is InChI=1S/C25H28N2O3S/c1-18-8-2-5-13-22(18)24(25(29)26-19-9-3-4-10-19)27(17-20-11-6-14-30-20)23(28)16-21-12-7-15-31-21/h2,5-8,11-15,19,24H,3-4,9-10,16-17H2,1H3,(H,26,29)/t24-/m1/s1. The van der Waals surface area contributed by atoms with E-state index >= 15 is 0 Å². The summed E-state index contributed by atoms with van der Waals surface area (Å²) in [5, 5.41) is 5.18. The molecule has 31 heavy (non-hydrogen) atoms. The number of hydrogen-bond acceptors (Lipinski definition) is 4. The summed E-state index contributed by atoms with van der Waals surface area (Å²) in [6, 6.07) is 14.8. The van der Waals surface area contributed by atoms with Gasteiger partial charge in [-0.1, -0.05) is 43.2 Å². The second-order valence-electron chi connectivity index (χ2n) is 8.11. The van der Waals surface area contributed by atoms with Crippen LogP contribution in [0.5, 0.6) is 0 Å². The summed E-state index contributed by atoms with van der Waals surface area (Å²) in [4.78, 5) is 29.8. The SMILES string of the molecule is Cc1ccccc1[C@H](C(=O)NC1CCCC1)N(Cc1ccco1)C(=O)Cc1cccs1. The Bertz CT molecular complexity index is 992. The molecule has 6 heteroatoms. The Morgan fingerprint density at radius 1 is 1.13 bits per heavy atom. The van der Waals surface area contributed by atoms with Crippen LogP contribution in [0.2, 0.25) is 0 Å². The molecule has 0 unspecified atom stereocenters. The number of hydrogen-bond donors (Lipinski definition) is 1. The first-order chi connectivity index (χ1) is 15.1. The lowest BCUT2D eigenvalue weighted by molar-refractivity contribution is -0.141. The summed E-state index contributed by atoms with van der Waals surface area (Å²) in [5.74, 6) is 0.452. The number of aryl methyl sites for hydroxylation is 1. The van der Waals surface area contributed by atoms with Crippen molar-refractivity contribution in [1.29, 1.82) is 0 Å². The van der Waals surface area contributed by atoms with Crippen LogP contribution in [0.1, 0.15) is 53.5 Å². The molecule has 3 aromatic rings. The lowest BCUT2D eigenvalue weighted by Crippen LogP contribution is -2.46. The van der Waals surface area contributed by atoms with Gasteiger partial charge in [-0.15, -0.1) is 11.3 Å². The summed E-state index contributed by atoms with van der Waals surface area (Å²) in [5.41, 5.74) is 1.84. The normalized spacial score (nSPS) is 15.0. The zero-order chi connectivity index (χ0) is 21.6. The van der Waals surface area contributed by atoms with Gasteiger partial charge in [-0.3, -0.25) is 9.59 Å². The van der Waals surface area contributed by atoms with Crippen LogP contribution >= 0.6 is 11.3 Å². The minimum Gasteiger partial charge on any atom is -0.467 e. The maximum Gasteiger partial charge on any atom is 0.247 e. The van der Waals surface area contributed by atoms with E-state index in [0.29, 0.717) is 5.76 Å². The fourth-order valence-corrected chi connectivity index (χ4v) is 4.95. The number of nitrogens with one attached hydrogen (secondary N) is 1. The molecule has 0 bridgehead atoms. The Labute approximate surface area is 187 Å². The van der Waals surface area contributed by atoms with E-state index in [9.17, 15) is 9.59 Å². The van der Waals surface area contributed by atoms with Crippen molar-refractivity contribution in [2.24, 2.45) is 0 Å².